The molecule has 1 aliphatic heterocycles. The Hall–Kier alpha value is -2.06. The number of piperidine rings is 1. The molecular formula is C18H20N4O2S2. The van der Waals surface area contributed by atoms with Crippen LogP contribution in [-0.4, -0.2) is 51.4 Å². The number of rotatable bonds is 5. The predicted molar refractivity (Wildman–Crippen MR) is 104 cm³/mol. The molecule has 8 heteroatoms. The van der Waals surface area contributed by atoms with Crippen LogP contribution in [0.4, 0.5) is 0 Å². The van der Waals surface area contributed by atoms with Gasteiger partial charge in [0.2, 0.25) is 10.9 Å². The summed E-state index contributed by atoms with van der Waals surface area (Å²) in [7, 11) is 1.66. The number of amides is 1. The van der Waals surface area contributed by atoms with Gasteiger partial charge in [-0.2, -0.15) is 0 Å². The van der Waals surface area contributed by atoms with Crippen molar-refractivity contribution in [1.29, 1.82) is 0 Å². The summed E-state index contributed by atoms with van der Waals surface area (Å²) in [6, 6.07) is 7.92. The van der Waals surface area contributed by atoms with Crippen molar-refractivity contribution in [2.45, 2.75) is 24.4 Å². The predicted octanol–water partition coefficient (Wildman–Crippen LogP) is 3.57. The number of methoxy groups -OCH3 is 1. The van der Waals surface area contributed by atoms with Crippen molar-refractivity contribution >= 4 is 34.0 Å². The van der Waals surface area contributed by atoms with Crippen LogP contribution in [0.2, 0.25) is 0 Å². The van der Waals surface area contributed by atoms with E-state index in [1.807, 2.05) is 33.6 Å². The smallest absolute Gasteiger partial charge is 0.233 e. The first-order chi connectivity index (χ1) is 12.8. The lowest BCUT2D eigenvalue weighted by Gasteiger charge is -2.26. The number of carbonyl (C=O) groups excluding carboxylic acids is 1. The summed E-state index contributed by atoms with van der Waals surface area (Å²) in [5.41, 5.74) is 2.10. The van der Waals surface area contributed by atoms with E-state index in [4.69, 9.17) is 4.74 Å². The van der Waals surface area contributed by atoms with Crippen LogP contribution in [0.1, 0.15) is 19.3 Å². The second-order valence-corrected chi connectivity index (χ2v) is 7.96. The third kappa shape index (κ3) is 3.43. The summed E-state index contributed by atoms with van der Waals surface area (Å²) in [6.07, 6.45) is 3.44. The van der Waals surface area contributed by atoms with Gasteiger partial charge in [-0.25, -0.2) is 0 Å². The van der Waals surface area contributed by atoms with Gasteiger partial charge in [-0.05, 0) is 49.1 Å². The first-order valence-corrected chi connectivity index (χ1v) is 10.5. The Morgan fingerprint density at radius 3 is 2.69 bits per heavy atom. The molecule has 1 saturated heterocycles. The maximum absolute atomic E-state index is 12.4. The van der Waals surface area contributed by atoms with Crippen LogP contribution >= 0.6 is 23.1 Å². The third-order valence-electron chi connectivity index (χ3n) is 4.54. The van der Waals surface area contributed by atoms with Crippen molar-refractivity contribution in [3.05, 3.63) is 29.6 Å². The monoisotopic (exact) mass is 388 g/mol. The summed E-state index contributed by atoms with van der Waals surface area (Å²) in [5, 5.41) is 11.4. The van der Waals surface area contributed by atoms with Gasteiger partial charge in [-0.15, -0.1) is 21.5 Å². The minimum absolute atomic E-state index is 0.188. The van der Waals surface area contributed by atoms with E-state index in [2.05, 4.69) is 15.6 Å². The number of ether oxygens (including phenoxy) is 1. The lowest BCUT2D eigenvalue weighted by atomic mass is 10.1. The van der Waals surface area contributed by atoms with Crippen LogP contribution < -0.4 is 4.74 Å². The quantitative estimate of drug-likeness (QED) is 0.626. The SMILES string of the molecule is COc1ccc(-c2csc3nnc(SCC(=O)N4CCCCC4)n23)cc1. The van der Waals surface area contributed by atoms with E-state index >= 15 is 0 Å². The Labute approximate surface area is 160 Å². The van der Waals surface area contributed by atoms with Crippen molar-refractivity contribution < 1.29 is 9.53 Å². The molecule has 26 heavy (non-hydrogen) atoms. The highest BCUT2D eigenvalue weighted by Gasteiger charge is 2.19. The maximum Gasteiger partial charge on any atom is 0.233 e. The second-order valence-electron chi connectivity index (χ2n) is 6.18. The highest BCUT2D eigenvalue weighted by molar-refractivity contribution is 7.99. The van der Waals surface area contributed by atoms with E-state index in [0.29, 0.717) is 5.75 Å². The highest BCUT2D eigenvalue weighted by Crippen LogP contribution is 2.31. The number of fused-ring (bicyclic) bond motifs is 1. The highest BCUT2D eigenvalue weighted by atomic mass is 32.2. The Morgan fingerprint density at radius 1 is 1.19 bits per heavy atom. The zero-order chi connectivity index (χ0) is 17.9. The van der Waals surface area contributed by atoms with E-state index in [-0.39, 0.29) is 5.91 Å². The van der Waals surface area contributed by atoms with Gasteiger partial charge in [0.25, 0.3) is 0 Å². The summed E-state index contributed by atoms with van der Waals surface area (Å²) in [5.74, 6) is 1.41. The number of carbonyl (C=O) groups is 1. The fourth-order valence-electron chi connectivity index (χ4n) is 3.11. The number of thioether (sulfide) groups is 1. The van der Waals surface area contributed by atoms with Crippen molar-refractivity contribution in [2.75, 3.05) is 26.0 Å². The van der Waals surface area contributed by atoms with Crippen LogP contribution in [0.5, 0.6) is 5.75 Å². The van der Waals surface area contributed by atoms with E-state index < -0.39 is 0 Å². The van der Waals surface area contributed by atoms with Crippen LogP contribution in [0.25, 0.3) is 16.2 Å². The first-order valence-electron chi connectivity index (χ1n) is 8.64. The molecule has 4 rings (SSSR count). The fraction of sp³-hybridized carbons (Fsp3) is 0.389. The van der Waals surface area contributed by atoms with Gasteiger partial charge in [-0.1, -0.05) is 11.8 Å². The standard InChI is InChI=1S/C18H20N4O2S2/c1-24-14-7-5-13(6-8-14)15-11-25-17-19-20-18(22(15)17)26-12-16(23)21-9-3-2-4-10-21/h5-8,11H,2-4,9-10,12H2,1H3. The average molecular weight is 389 g/mol. The fourth-order valence-corrected chi connectivity index (χ4v) is 4.86. The third-order valence-corrected chi connectivity index (χ3v) is 6.27. The summed E-state index contributed by atoms with van der Waals surface area (Å²) >= 11 is 3.01. The van der Waals surface area contributed by atoms with E-state index in [1.165, 1.54) is 18.2 Å². The molecule has 3 aromatic rings. The molecule has 136 valence electrons. The number of hydrogen-bond acceptors (Lipinski definition) is 6. The molecule has 1 fully saturated rings. The molecule has 0 unspecified atom stereocenters. The summed E-state index contributed by atoms with van der Waals surface area (Å²) < 4.78 is 7.26. The topological polar surface area (TPSA) is 59.7 Å². The van der Waals surface area contributed by atoms with Crippen molar-refractivity contribution in [3.63, 3.8) is 0 Å². The minimum Gasteiger partial charge on any atom is -0.497 e. The van der Waals surface area contributed by atoms with Gasteiger partial charge in [0.05, 0.1) is 18.6 Å². The van der Waals surface area contributed by atoms with Crippen molar-refractivity contribution in [2.24, 2.45) is 0 Å². The molecule has 0 atom stereocenters. The van der Waals surface area contributed by atoms with Crippen molar-refractivity contribution in [1.82, 2.24) is 19.5 Å². The number of likely N-dealkylation sites (tertiary alicyclic amines) is 1. The average Bonchev–Trinajstić information content (AvgIpc) is 3.29. The molecule has 6 nitrogen and oxygen atoms in total. The number of aromatic nitrogens is 3. The molecule has 1 aliphatic rings. The first kappa shape index (κ1) is 17.4. The van der Waals surface area contributed by atoms with Crippen LogP contribution in [0.15, 0.2) is 34.8 Å². The number of hydrogen-bond donors (Lipinski definition) is 0. The van der Waals surface area contributed by atoms with Gasteiger partial charge in [0.15, 0.2) is 5.16 Å². The van der Waals surface area contributed by atoms with Crippen LogP contribution in [0.3, 0.4) is 0 Å². The van der Waals surface area contributed by atoms with Crippen molar-refractivity contribution in [3.8, 4) is 17.0 Å². The number of benzene rings is 1. The molecule has 0 radical (unpaired) electrons. The minimum atomic E-state index is 0.188. The van der Waals surface area contributed by atoms with E-state index in [9.17, 15) is 4.79 Å². The summed E-state index contributed by atoms with van der Waals surface area (Å²) in [4.78, 5) is 15.2. The van der Waals surface area contributed by atoms with Crippen LogP contribution in [0, 0.1) is 0 Å². The Morgan fingerprint density at radius 2 is 1.96 bits per heavy atom. The Balaban J connectivity index is 1.54. The van der Waals surface area contributed by atoms with Crippen LogP contribution in [-0.2, 0) is 4.79 Å². The van der Waals surface area contributed by atoms with Gasteiger partial charge in [0, 0.05) is 18.5 Å². The number of nitrogens with zero attached hydrogens (tertiary/aromatic N) is 4. The second kappa shape index (κ2) is 7.67. The van der Waals surface area contributed by atoms with Gasteiger partial charge in [-0.3, -0.25) is 9.20 Å². The molecule has 0 bridgehead atoms. The molecule has 1 amide bonds. The Kier molecular flexibility index (Phi) is 5.12. The van der Waals surface area contributed by atoms with Gasteiger partial charge >= 0.3 is 0 Å². The zero-order valence-electron chi connectivity index (χ0n) is 14.6. The molecule has 1 aromatic carbocycles. The zero-order valence-corrected chi connectivity index (χ0v) is 16.2. The number of thiazole rings is 1. The van der Waals surface area contributed by atoms with Gasteiger partial charge in [0.1, 0.15) is 5.75 Å². The molecule has 0 aliphatic carbocycles. The lowest BCUT2D eigenvalue weighted by molar-refractivity contribution is -0.129. The largest absolute Gasteiger partial charge is 0.497 e. The lowest BCUT2D eigenvalue weighted by Crippen LogP contribution is -2.36. The molecule has 2 aromatic heterocycles. The Bertz CT molecular complexity index is 898. The molecule has 3 heterocycles. The molecule has 0 saturated carbocycles. The molecule has 0 N–H and O–H groups in total. The normalized spacial score (nSPS) is 14.7. The maximum atomic E-state index is 12.4. The van der Waals surface area contributed by atoms with E-state index in [0.717, 1.165) is 53.1 Å². The molecule has 0 spiro atoms. The van der Waals surface area contributed by atoms with E-state index in [1.54, 1.807) is 18.4 Å². The van der Waals surface area contributed by atoms with Gasteiger partial charge < -0.3 is 9.64 Å². The summed E-state index contributed by atoms with van der Waals surface area (Å²) in [6.45, 7) is 1.76. The molecular weight excluding hydrogens is 368 g/mol.